The van der Waals surface area contributed by atoms with Crippen molar-refractivity contribution in [3.8, 4) is 0 Å². The van der Waals surface area contributed by atoms with E-state index in [-0.39, 0.29) is 0 Å². The fourth-order valence-corrected chi connectivity index (χ4v) is 3.23. The van der Waals surface area contributed by atoms with E-state index in [1.54, 1.807) is 5.57 Å². The maximum Gasteiger partial charge on any atom is 0.0166 e. The third-order valence-corrected chi connectivity index (χ3v) is 4.71. The molecule has 0 aliphatic carbocycles. The van der Waals surface area contributed by atoms with Crippen LogP contribution in [0.5, 0.6) is 0 Å². The lowest BCUT2D eigenvalue weighted by Crippen LogP contribution is -2.42. The third-order valence-electron chi connectivity index (χ3n) is 4.71. The van der Waals surface area contributed by atoms with Gasteiger partial charge >= 0.3 is 0 Å². The van der Waals surface area contributed by atoms with Gasteiger partial charge in [0.05, 0.1) is 0 Å². The molecule has 2 heteroatoms. The molecule has 1 saturated heterocycles. The predicted octanol–water partition coefficient (Wildman–Crippen LogP) is 2.91. The topological polar surface area (TPSA) is 15.3 Å². The molecule has 2 heterocycles. The Bertz CT molecular complexity index is 301. The number of piperidine rings is 1. The average molecular weight is 250 g/mol. The molecule has 0 saturated carbocycles. The first-order valence-electron chi connectivity index (χ1n) is 7.59. The minimum atomic E-state index is 0.369. The van der Waals surface area contributed by atoms with Gasteiger partial charge < -0.3 is 5.32 Å². The number of hydrogen-bond acceptors (Lipinski definition) is 2. The Balaban J connectivity index is 1.84. The van der Waals surface area contributed by atoms with Crippen molar-refractivity contribution in [1.29, 1.82) is 0 Å². The van der Waals surface area contributed by atoms with Crippen molar-refractivity contribution in [2.24, 2.45) is 17.3 Å². The summed E-state index contributed by atoms with van der Waals surface area (Å²) < 4.78 is 0. The zero-order valence-corrected chi connectivity index (χ0v) is 12.6. The van der Waals surface area contributed by atoms with Crippen LogP contribution >= 0.6 is 0 Å². The van der Waals surface area contributed by atoms with Crippen molar-refractivity contribution in [2.75, 3.05) is 32.7 Å². The number of rotatable bonds is 2. The van der Waals surface area contributed by atoms with E-state index in [9.17, 15) is 0 Å². The molecule has 0 aromatic carbocycles. The molecule has 18 heavy (non-hydrogen) atoms. The zero-order valence-electron chi connectivity index (χ0n) is 12.6. The summed E-state index contributed by atoms with van der Waals surface area (Å²) in [6, 6.07) is 0. The first-order valence-corrected chi connectivity index (χ1v) is 7.59. The highest BCUT2D eigenvalue weighted by molar-refractivity contribution is 5.14. The summed E-state index contributed by atoms with van der Waals surface area (Å²) in [5.74, 6) is 1.74. The van der Waals surface area contributed by atoms with Crippen LogP contribution in [0, 0.1) is 17.3 Å². The lowest BCUT2D eigenvalue weighted by atomic mass is 9.82. The van der Waals surface area contributed by atoms with Gasteiger partial charge in [0.25, 0.3) is 0 Å². The maximum atomic E-state index is 3.50. The summed E-state index contributed by atoms with van der Waals surface area (Å²) in [6.45, 7) is 15.6. The molecule has 2 aliphatic rings. The molecule has 0 radical (unpaired) electrons. The Labute approximate surface area is 113 Å². The molecule has 0 spiro atoms. The van der Waals surface area contributed by atoms with E-state index in [1.807, 2.05) is 0 Å². The van der Waals surface area contributed by atoms with Gasteiger partial charge in [0.15, 0.2) is 0 Å². The quantitative estimate of drug-likeness (QED) is 0.758. The molecular formula is C16H30N2. The molecule has 0 aromatic heterocycles. The zero-order chi connectivity index (χ0) is 13.2. The van der Waals surface area contributed by atoms with Crippen molar-refractivity contribution in [1.82, 2.24) is 10.2 Å². The Morgan fingerprint density at radius 2 is 2.17 bits per heavy atom. The van der Waals surface area contributed by atoms with Crippen molar-refractivity contribution in [3.63, 3.8) is 0 Å². The predicted molar refractivity (Wildman–Crippen MR) is 78.7 cm³/mol. The molecule has 0 bridgehead atoms. The molecule has 2 unspecified atom stereocenters. The average Bonchev–Trinajstić information content (AvgIpc) is 2.32. The summed E-state index contributed by atoms with van der Waals surface area (Å²) in [5, 5.41) is 3.50. The van der Waals surface area contributed by atoms with Crippen molar-refractivity contribution in [2.45, 2.75) is 40.5 Å². The molecular weight excluding hydrogens is 220 g/mol. The monoisotopic (exact) mass is 250 g/mol. The van der Waals surface area contributed by atoms with E-state index in [1.165, 1.54) is 45.6 Å². The molecule has 104 valence electrons. The van der Waals surface area contributed by atoms with E-state index >= 15 is 0 Å². The van der Waals surface area contributed by atoms with Crippen molar-refractivity contribution in [3.05, 3.63) is 11.6 Å². The van der Waals surface area contributed by atoms with Crippen LogP contribution in [0.1, 0.15) is 40.5 Å². The van der Waals surface area contributed by atoms with Crippen LogP contribution in [-0.2, 0) is 0 Å². The van der Waals surface area contributed by atoms with Crippen LogP contribution in [0.25, 0.3) is 0 Å². The van der Waals surface area contributed by atoms with E-state index in [0.717, 1.165) is 11.8 Å². The second-order valence-electron chi connectivity index (χ2n) is 7.22. The van der Waals surface area contributed by atoms with Gasteiger partial charge in [-0.2, -0.15) is 0 Å². The summed E-state index contributed by atoms with van der Waals surface area (Å²) in [6.07, 6.45) is 5.10. The standard InChI is InChI=1S/C16H30N2/c1-13-11-17-8-5-14(13)12-18-9-6-15(7-10-18)16(2,3)4/h6,13-14,17H,5,7-12H2,1-4H3. The molecule has 1 N–H and O–H groups in total. The Morgan fingerprint density at radius 3 is 2.72 bits per heavy atom. The van der Waals surface area contributed by atoms with Gasteiger partial charge in [0.1, 0.15) is 0 Å². The number of nitrogens with one attached hydrogen (secondary N) is 1. The van der Waals surface area contributed by atoms with Crippen LogP contribution in [0.4, 0.5) is 0 Å². The molecule has 0 aromatic rings. The smallest absolute Gasteiger partial charge is 0.0166 e. The van der Waals surface area contributed by atoms with Crippen LogP contribution in [-0.4, -0.2) is 37.6 Å². The highest BCUT2D eigenvalue weighted by Crippen LogP contribution is 2.30. The molecule has 0 amide bonds. The van der Waals surface area contributed by atoms with Gasteiger partial charge in [-0.3, -0.25) is 4.90 Å². The summed E-state index contributed by atoms with van der Waals surface area (Å²) in [7, 11) is 0. The summed E-state index contributed by atoms with van der Waals surface area (Å²) in [5.41, 5.74) is 2.02. The van der Waals surface area contributed by atoms with E-state index in [4.69, 9.17) is 0 Å². The summed E-state index contributed by atoms with van der Waals surface area (Å²) >= 11 is 0. The molecule has 2 rings (SSSR count). The van der Waals surface area contributed by atoms with Crippen molar-refractivity contribution >= 4 is 0 Å². The normalized spacial score (nSPS) is 31.2. The highest BCUT2D eigenvalue weighted by atomic mass is 15.1. The van der Waals surface area contributed by atoms with Crippen LogP contribution in [0.15, 0.2) is 11.6 Å². The van der Waals surface area contributed by atoms with Gasteiger partial charge in [-0.25, -0.2) is 0 Å². The highest BCUT2D eigenvalue weighted by Gasteiger charge is 2.26. The van der Waals surface area contributed by atoms with Gasteiger partial charge in [-0.05, 0) is 43.2 Å². The SMILES string of the molecule is CC1CNCCC1CN1CC=C(C(C)(C)C)CC1. The fourth-order valence-electron chi connectivity index (χ4n) is 3.23. The minimum absolute atomic E-state index is 0.369. The third kappa shape index (κ3) is 3.58. The Hall–Kier alpha value is -0.340. The Morgan fingerprint density at radius 1 is 1.39 bits per heavy atom. The van der Waals surface area contributed by atoms with E-state index in [2.05, 4.69) is 44.0 Å². The minimum Gasteiger partial charge on any atom is -0.316 e. The number of hydrogen-bond donors (Lipinski definition) is 1. The Kier molecular flexibility index (Phi) is 4.50. The second kappa shape index (κ2) is 5.75. The van der Waals surface area contributed by atoms with Crippen LogP contribution in [0.3, 0.4) is 0 Å². The van der Waals surface area contributed by atoms with E-state index in [0.29, 0.717) is 5.41 Å². The molecule has 2 atom stereocenters. The first-order chi connectivity index (χ1) is 8.47. The molecule has 2 nitrogen and oxygen atoms in total. The lowest BCUT2D eigenvalue weighted by molar-refractivity contribution is 0.172. The number of nitrogens with zero attached hydrogens (tertiary/aromatic N) is 1. The molecule has 1 fully saturated rings. The van der Waals surface area contributed by atoms with Gasteiger partial charge in [-0.15, -0.1) is 0 Å². The molecule has 2 aliphatic heterocycles. The van der Waals surface area contributed by atoms with Crippen LogP contribution in [0.2, 0.25) is 0 Å². The van der Waals surface area contributed by atoms with Gasteiger partial charge in [-0.1, -0.05) is 39.3 Å². The van der Waals surface area contributed by atoms with Gasteiger partial charge in [0.2, 0.25) is 0 Å². The lowest BCUT2D eigenvalue weighted by Gasteiger charge is -2.37. The van der Waals surface area contributed by atoms with E-state index < -0.39 is 0 Å². The van der Waals surface area contributed by atoms with Crippen molar-refractivity contribution < 1.29 is 0 Å². The maximum absolute atomic E-state index is 3.50. The second-order valence-corrected chi connectivity index (χ2v) is 7.22. The fraction of sp³-hybridized carbons (Fsp3) is 0.875. The van der Waals surface area contributed by atoms with Gasteiger partial charge in [0, 0.05) is 19.6 Å². The largest absolute Gasteiger partial charge is 0.316 e. The summed E-state index contributed by atoms with van der Waals surface area (Å²) in [4.78, 5) is 2.65. The first kappa shape index (κ1) is 14.1. The van der Waals surface area contributed by atoms with Crippen LogP contribution < -0.4 is 5.32 Å².